The summed E-state index contributed by atoms with van der Waals surface area (Å²) in [7, 11) is 0. The van der Waals surface area contributed by atoms with Gasteiger partial charge in [0.1, 0.15) is 11.3 Å². The highest BCUT2D eigenvalue weighted by atomic mass is 32.1. The van der Waals surface area contributed by atoms with Crippen LogP contribution in [0, 0.1) is 11.7 Å². The van der Waals surface area contributed by atoms with Crippen molar-refractivity contribution in [3.8, 4) is 0 Å². The highest BCUT2D eigenvalue weighted by Crippen LogP contribution is 2.34. The number of para-hydroxylation sites is 2. The van der Waals surface area contributed by atoms with Crippen molar-refractivity contribution >= 4 is 44.2 Å². The molecule has 6 nitrogen and oxygen atoms in total. The van der Waals surface area contributed by atoms with Crippen LogP contribution in [0.3, 0.4) is 0 Å². The lowest BCUT2D eigenvalue weighted by Gasteiger charge is -2.25. The fourth-order valence-corrected chi connectivity index (χ4v) is 5.22. The van der Waals surface area contributed by atoms with E-state index >= 15 is 0 Å². The van der Waals surface area contributed by atoms with Crippen LogP contribution in [0.4, 0.5) is 15.2 Å². The van der Waals surface area contributed by atoms with Crippen molar-refractivity contribution in [2.75, 3.05) is 29.5 Å². The molecule has 3 aromatic rings. The lowest BCUT2D eigenvalue weighted by Crippen LogP contribution is -2.42. The predicted molar refractivity (Wildman–Crippen MR) is 118 cm³/mol. The number of ether oxygens (including phenoxy) is 1. The summed E-state index contributed by atoms with van der Waals surface area (Å²) in [6.45, 7) is 1.35. The van der Waals surface area contributed by atoms with Crippen LogP contribution in [0.1, 0.15) is 19.3 Å². The Kier molecular flexibility index (Phi) is 5.41. The molecule has 0 aliphatic carbocycles. The molecule has 0 N–H and O–H groups in total. The van der Waals surface area contributed by atoms with Gasteiger partial charge >= 0.3 is 0 Å². The van der Waals surface area contributed by atoms with Crippen molar-refractivity contribution in [2.24, 2.45) is 5.92 Å². The average Bonchev–Trinajstić information content (AvgIpc) is 3.52. The number of benzene rings is 2. The Labute approximate surface area is 183 Å². The summed E-state index contributed by atoms with van der Waals surface area (Å²) in [6, 6.07) is 14.2. The highest BCUT2D eigenvalue weighted by molar-refractivity contribution is 7.22. The molecule has 8 heteroatoms. The first kappa shape index (κ1) is 20.1. The van der Waals surface area contributed by atoms with E-state index in [1.807, 2.05) is 30.3 Å². The zero-order valence-corrected chi connectivity index (χ0v) is 17.7. The third kappa shape index (κ3) is 3.93. The molecule has 0 bridgehead atoms. The minimum atomic E-state index is -0.481. The van der Waals surface area contributed by atoms with E-state index in [0.717, 1.165) is 18.5 Å². The maximum Gasteiger partial charge on any atom is 0.234 e. The van der Waals surface area contributed by atoms with E-state index in [1.165, 1.54) is 17.4 Å². The first-order chi connectivity index (χ1) is 15.1. The van der Waals surface area contributed by atoms with Gasteiger partial charge in [-0.3, -0.25) is 14.5 Å². The van der Waals surface area contributed by atoms with E-state index in [9.17, 15) is 14.0 Å². The maximum atomic E-state index is 14.2. The van der Waals surface area contributed by atoms with Crippen LogP contribution in [-0.4, -0.2) is 42.6 Å². The van der Waals surface area contributed by atoms with Crippen molar-refractivity contribution in [1.82, 2.24) is 4.98 Å². The molecule has 3 heterocycles. The smallest absolute Gasteiger partial charge is 0.234 e. The molecule has 2 aliphatic heterocycles. The number of thiazole rings is 1. The molecule has 1 aromatic heterocycles. The fraction of sp³-hybridized carbons (Fsp3) is 0.348. The predicted octanol–water partition coefficient (Wildman–Crippen LogP) is 4.00. The van der Waals surface area contributed by atoms with Crippen LogP contribution in [0.25, 0.3) is 10.2 Å². The van der Waals surface area contributed by atoms with Crippen LogP contribution in [0.5, 0.6) is 0 Å². The van der Waals surface area contributed by atoms with Gasteiger partial charge in [-0.15, -0.1) is 0 Å². The van der Waals surface area contributed by atoms with Gasteiger partial charge in [0, 0.05) is 25.3 Å². The number of hydrogen-bond donors (Lipinski definition) is 0. The van der Waals surface area contributed by atoms with E-state index < -0.39 is 11.7 Å². The number of aromatic nitrogens is 1. The van der Waals surface area contributed by atoms with Crippen LogP contribution >= 0.6 is 11.3 Å². The molecule has 160 valence electrons. The number of anilines is 2. The van der Waals surface area contributed by atoms with Crippen molar-refractivity contribution in [3.63, 3.8) is 0 Å². The Hall–Kier alpha value is -2.84. The van der Waals surface area contributed by atoms with Gasteiger partial charge in [-0.2, -0.15) is 0 Å². The molecular weight excluding hydrogens is 417 g/mol. The fourth-order valence-electron chi connectivity index (χ4n) is 4.22. The number of nitrogens with zero attached hydrogens (tertiary/aromatic N) is 3. The summed E-state index contributed by atoms with van der Waals surface area (Å²) in [6.07, 6.45) is 1.88. The molecule has 5 rings (SSSR count). The van der Waals surface area contributed by atoms with E-state index in [-0.39, 0.29) is 29.9 Å². The number of rotatable bonds is 5. The summed E-state index contributed by atoms with van der Waals surface area (Å²) in [4.78, 5) is 33.9. The minimum Gasteiger partial charge on any atom is -0.376 e. The summed E-state index contributed by atoms with van der Waals surface area (Å²) in [5.41, 5.74) is 1.05. The maximum absolute atomic E-state index is 14.2. The zero-order valence-electron chi connectivity index (χ0n) is 16.9. The van der Waals surface area contributed by atoms with Gasteiger partial charge in [0.15, 0.2) is 5.13 Å². The monoisotopic (exact) mass is 439 g/mol. The Morgan fingerprint density at radius 2 is 2.06 bits per heavy atom. The lowest BCUT2D eigenvalue weighted by atomic mass is 10.1. The molecule has 2 amide bonds. The second kappa shape index (κ2) is 8.36. The number of hydrogen-bond acceptors (Lipinski definition) is 5. The van der Waals surface area contributed by atoms with Gasteiger partial charge in [-0.05, 0) is 37.1 Å². The molecule has 2 aromatic carbocycles. The molecule has 2 aliphatic rings. The van der Waals surface area contributed by atoms with Crippen molar-refractivity contribution in [3.05, 3.63) is 54.3 Å². The first-order valence-corrected chi connectivity index (χ1v) is 11.3. The quantitative estimate of drug-likeness (QED) is 0.603. The molecule has 2 atom stereocenters. The van der Waals surface area contributed by atoms with E-state index in [2.05, 4.69) is 4.98 Å². The van der Waals surface area contributed by atoms with Gasteiger partial charge in [-0.25, -0.2) is 9.37 Å². The average molecular weight is 440 g/mol. The van der Waals surface area contributed by atoms with Crippen molar-refractivity contribution < 1.29 is 18.7 Å². The summed E-state index contributed by atoms with van der Waals surface area (Å²) >= 11 is 1.29. The minimum absolute atomic E-state index is 0.0723. The van der Waals surface area contributed by atoms with E-state index in [0.29, 0.717) is 29.5 Å². The Morgan fingerprint density at radius 1 is 1.23 bits per heavy atom. The first-order valence-electron chi connectivity index (χ1n) is 10.4. The SMILES string of the molecule is O=C1C[C@@H](C(=O)N(C[C@H]2CCCO2)c2nc3c(F)cccc3s2)CN1c1ccccc1. The molecule has 31 heavy (non-hydrogen) atoms. The standard InChI is InChI=1S/C23H22FN3O3S/c24-18-9-4-10-19-21(18)25-23(31-19)27(14-17-8-5-11-30-17)22(29)15-12-20(28)26(13-15)16-6-2-1-3-7-16/h1-4,6-7,9-10,15,17H,5,8,11-14H2/t15-,17-/m1/s1. The zero-order chi connectivity index (χ0) is 21.4. The second-order valence-electron chi connectivity index (χ2n) is 7.91. The number of carbonyl (C=O) groups excluding carboxylic acids is 2. The van der Waals surface area contributed by atoms with Crippen LogP contribution in [0.2, 0.25) is 0 Å². The Morgan fingerprint density at radius 3 is 2.81 bits per heavy atom. The van der Waals surface area contributed by atoms with Crippen LogP contribution < -0.4 is 9.80 Å². The third-order valence-electron chi connectivity index (χ3n) is 5.81. The number of amides is 2. The molecule has 2 saturated heterocycles. The van der Waals surface area contributed by atoms with Crippen LogP contribution in [0.15, 0.2) is 48.5 Å². The normalized spacial score (nSPS) is 21.2. The Balaban J connectivity index is 1.44. The largest absolute Gasteiger partial charge is 0.376 e. The van der Waals surface area contributed by atoms with E-state index in [1.54, 1.807) is 21.9 Å². The molecule has 0 saturated carbocycles. The van der Waals surface area contributed by atoms with Gasteiger partial charge in [-0.1, -0.05) is 35.6 Å². The summed E-state index contributed by atoms with van der Waals surface area (Å²) in [5, 5.41) is 0.450. The second-order valence-corrected chi connectivity index (χ2v) is 8.92. The molecular formula is C23H22FN3O3S. The topological polar surface area (TPSA) is 62.7 Å². The molecule has 0 spiro atoms. The Bertz CT molecular complexity index is 1110. The summed E-state index contributed by atoms with van der Waals surface area (Å²) in [5.74, 6) is -1.12. The summed E-state index contributed by atoms with van der Waals surface area (Å²) < 4.78 is 20.7. The van der Waals surface area contributed by atoms with Gasteiger partial charge in [0.2, 0.25) is 11.8 Å². The van der Waals surface area contributed by atoms with Crippen molar-refractivity contribution in [1.29, 1.82) is 0 Å². The number of carbonyl (C=O) groups is 2. The van der Waals surface area contributed by atoms with E-state index in [4.69, 9.17) is 4.74 Å². The van der Waals surface area contributed by atoms with Crippen LogP contribution in [-0.2, 0) is 14.3 Å². The highest BCUT2D eigenvalue weighted by Gasteiger charge is 2.39. The number of fused-ring (bicyclic) bond motifs is 1. The molecule has 0 unspecified atom stereocenters. The number of halogens is 1. The van der Waals surface area contributed by atoms with Gasteiger partial charge in [0.25, 0.3) is 0 Å². The van der Waals surface area contributed by atoms with Gasteiger partial charge < -0.3 is 9.64 Å². The third-order valence-corrected chi connectivity index (χ3v) is 6.85. The van der Waals surface area contributed by atoms with Crippen molar-refractivity contribution in [2.45, 2.75) is 25.4 Å². The van der Waals surface area contributed by atoms with Gasteiger partial charge in [0.05, 0.1) is 23.3 Å². The molecule has 0 radical (unpaired) electrons. The molecule has 2 fully saturated rings. The lowest BCUT2D eigenvalue weighted by molar-refractivity contribution is -0.124.